The van der Waals surface area contributed by atoms with Gasteiger partial charge in [0.25, 0.3) is 0 Å². The minimum atomic E-state index is 0.291. The molecule has 2 unspecified atom stereocenters. The maximum absolute atomic E-state index is 10.8. The van der Waals surface area contributed by atoms with Gasteiger partial charge in [0.05, 0.1) is 0 Å². The Morgan fingerprint density at radius 1 is 1.19 bits per heavy atom. The summed E-state index contributed by atoms with van der Waals surface area (Å²) in [7, 11) is 0. The van der Waals surface area contributed by atoms with Gasteiger partial charge in [0.2, 0.25) is 0 Å². The van der Waals surface area contributed by atoms with E-state index in [0.29, 0.717) is 17.5 Å². The number of rotatable bonds is 1. The lowest BCUT2D eigenvalue weighted by Crippen LogP contribution is -1.92. The number of benzene rings is 1. The second kappa shape index (κ2) is 3.14. The summed E-state index contributed by atoms with van der Waals surface area (Å²) in [5.41, 5.74) is 5.79. The maximum atomic E-state index is 10.8. The molecule has 0 radical (unpaired) electrons. The van der Waals surface area contributed by atoms with Crippen molar-refractivity contribution in [2.75, 3.05) is 0 Å². The number of hydrogen-bond acceptors (Lipinski definition) is 2. The molecule has 3 rings (SSSR count). The van der Waals surface area contributed by atoms with Gasteiger partial charge in [-0.1, -0.05) is 29.9 Å². The van der Waals surface area contributed by atoms with E-state index >= 15 is 0 Å². The molecule has 1 aromatic carbocycles. The van der Waals surface area contributed by atoms with Crippen molar-refractivity contribution in [3.63, 3.8) is 0 Å². The Kier molecular flexibility index (Phi) is 1.87. The summed E-state index contributed by atoms with van der Waals surface area (Å²) < 4.78 is 0. The van der Waals surface area contributed by atoms with Crippen LogP contribution < -0.4 is 0 Å². The quantitative estimate of drug-likeness (QED) is 0.506. The number of fused-ring (bicyclic) bond motifs is 5. The van der Waals surface area contributed by atoms with Crippen LogP contribution in [0.1, 0.15) is 36.8 Å². The molecule has 0 aromatic heterocycles. The summed E-state index contributed by atoms with van der Waals surface area (Å²) in [5.74, 6) is 0.672. The monoisotopic (exact) mass is 211 g/mol. The fourth-order valence-electron chi connectivity index (χ4n) is 3.03. The number of nitrogens with zero attached hydrogens (tertiary/aromatic N) is 1. The second-order valence-corrected chi connectivity index (χ2v) is 4.67. The molecule has 2 heteroatoms. The predicted octanol–water partition coefficient (Wildman–Crippen LogP) is 4.17. The van der Waals surface area contributed by atoms with E-state index in [4.69, 9.17) is 0 Å². The molecule has 80 valence electrons. The maximum Gasteiger partial charge on any atom is 0.112 e. The second-order valence-electron chi connectivity index (χ2n) is 4.67. The Bertz CT molecular complexity index is 536. The molecule has 2 aliphatic rings. The van der Waals surface area contributed by atoms with Gasteiger partial charge in [-0.3, -0.25) is 0 Å². The van der Waals surface area contributed by atoms with Gasteiger partial charge in [0, 0.05) is 11.8 Å². The molecule has 2 atom stereocenters. The van der Waals surface area contributed by atoms with Crippen LogP contribution in [0, 0.1) is 4.91 Å². The summed E-state index contributed by atoms with van der Waals surface area (Å²) in [4.78, 5) is 10.8. The summed E-state index contributed by atoms with van der Waals surface area (Å²) in [6, 6.07) is 5.84. The van der Waals surface area contributed by atoms with Crippen LogP contribution in [0.3, 0.4) is 0 Å². The summed E-state index contributed by atoms with van der Waals surface area (Å²) in [5, 5.41) is 3.15. The molecule has 0 saturated carbocycles. The highest BCUT2D eigenvalue weighted by Crippen LogP contribution is 2.56. The first-order chi connectivity index (χ1) is 7.74. The summed E-state index contributed by atoms with van der Waals surface area (Å²) in [6.07, 6.45) is 4.44. The Morgan fingerprint density at radius 2 is 1.94 bits per heavy atom. The third-order valence-electron chi connectivity index (χ3n) is 3.60. The standard InChI is InChI=1S/C14H13NO/c1-8(2)13-10-6-7-11(13)14-9(10)4-3-5-12(14)15-16/h3-7,10-11H,1-2H3. The first-order valence-electron chi connectivity index (χ1n) is 5.55. The minimum Gasteiger partial charge on any atom is -0.145 e. The van der Waals surface area contributed by atoms with Gasteiger partial charge in [-0.05, 0) is 41.8 Å². The first kappa shape index (κ1) is 9.52. The van der Waals surface area contributed by atoms with Gasteiger partial charge in [-0.2, -0.15) is 0 Å². The minimum absolute atomic E-state index is 0.291. The zero-order valence-corrected chi connectivity index (χ0v) is 9.40. The largest absolute Gasteiger partial charge is 0.145 e. The third-order valence-corrected chi connectivity index (χ3v) is 3.60. The zero-order valence-electron chi connectivity index (χ0n) is 9.40. The smallest absolute Gasteiger partial charge is 0.112 e. The van der Waals surface area contributed by atoms with Crippen LogP contribution in [-0.2, 0) is 0 Å². The van der Waals surface area contributed by atoms with Crippen molar-refractivity contribution in [1.29, 1.82) is 0 Å². The van der Waals surface area contributed by atoms with Gasteiger partial charge in [-0.15, -0.1) is 4.91 Å². The Morgan fingerprint density at radius 3 is 2.62 bits per heavy atom. The molecular weight excluding hydrogens is 198 g/mol. The average Bonchev–Trinajstić information content (AvgIpc) is 2.84. The van der Waals surface area contributed by atoms with Crippen molar-refractivity contribution in [2.45, 2.75) is 25.7 Å². The van der Waals surface area contributed by atoms with E-state index in [1.165, 1.54) is 16.7 Å². The van der Waals surface area contributed by atoms with Gasteiger partial charge in [0.1, 0.15) is 5.69 Å². The first-order valence-corrected chi connectivity index (χ1v) is 5.55. The van der Waals surface area contributed by atoms with Crippen molar-refractivity contribution < 1.29 is 0 Å². The van der Waals surface area contributed by atoms with Crippen molar-refractivity contribution >= 4 is 5.69 Å². The fraction of sp³-hybridized carbons (Fsp3) is 0.286. The zero-order chi connectivity index (χ0) is 11.3. The molecule has 0 spiro atoms. The summed E-state index contributed by atoms with van der Waals surface area (Å²) >= 11 is 0. The van der Waals surface area contributed by atoms with E-state index < -0.39 is 0 Å². The Hall–Kier alpha value is -1.70. The molecule has 16 heavy (non-hydrogen) atoms. The van der Waals surface area contributed by atoms with Gasteiger partial charge >= 0.3 is 0 Å². The molecule has 2 bridgehead atoms. The normalized spacial score (nSPS) is 24.8. The van der Waals surface area contributed by atoms with Crippen LogP contribution >= 0.6 is 0 Å². The molecule has 0 saturated heterocycles. The van der Waals surface area contributed by atoms with Crippen molar-refractivity contribution in [2.24, 2.45) is 5.18 Å². The average molecular weight is 211 g/mol. The van der Waals surface area contributed by atoms with Crippen LogP contribution in [0.4, 0.5) is 5.69 Å². The van der Waals surface area contributed by atoms with E-state index in [-0.39, 0.29) is 0 Å². The van der Waals surface area contributed by atoms with E-state index in [9.17, 15) is 4.91 Å². The third kappa shape index (κ3) is 1.02. The Labute approximate surface area is 94.7 Å². The highest BCUT2D eigenvalue weighted by atomic mass is 16.3. The van der Waals surface area contributed by atoms with Gasteiger partial charge in [-0.25, -0.2) is 0 Å². The van der Waals surface area contributed by atoms with Crippen molar-refractivity contribution in [3.05, 3.63) is 57.5 Å². The number of allylic oxidation sites excluding steroid dienone is 4. The topological polar surface area (TPSA) is 29.4 Å². The summed E-state index contributed by atoms with van der Waals surface area (Å²) in [6.45, 7) is 4.28. The van der Waals surface area contributed by atoms with Gasteiger partial charge in [0.15, 0.2) is 0 Å². The molecule has 2 aliphatic carbocycles. The highest BCUT2D eigenvalue weighted by Gasteiger charge is 2.39. The van der Waals surface area contributed by atoms with Gasteiger partial charge < -0.3 is 0 Å². The van der Waals surface area contributed by atoms with Crippen LogP contribution in [0.15, 0.2) is 46.7 Å². The molecule has 0 N–H and O–H groups in total. The van der Waals surface area contributed by atoms with E-state index in [2.05, 4.69) is 37.2 Å². The van der Waals surface area contributed by atoms with Crippen molar-refractivity contribution in [3.8, 4) is 0 Å². The van der Waals surface area contributed by atoms with E-state index in [1.807, 2.05) is 12.1 Å². The molecule has 2 nitrogen and oxygen atoms in total. The molecule has 1 aromatic rings. The molecular formula is C14H13NO. The van der Waals surface area contributed by atoms with Crippen LogP contribution in [-0.4, -0.2) is 0 Å². The number of hydrogen-bond donors (Lipinski definition) is 0. The predicted molar refractivity (Wildman–Crippen MR) is 64.9 cm³/mol. The molecule has 0 aliphatic heterocycles. The lowest BCUT2D eigenvalue weighted by Gasteiger charge is -2.09. The molecule has 0 heterocycles. The fourth-order valence-corrected chi connectivity index (χ4v) is 3.03. The number of nitroso groups, excluding NO2 is 1. The lowest BCUT2D eigenvalue weighted by molar-refractivity contribution is 0.992. The highest BCUT2D eigenvalue weighted by molar-refractivity contribution is 5.68. The van der Waals surface area contributed by atoms with Crippen molar-refractivity contribution in [1.82, 2.24) is 0 Å². The SMILES string of the molecule is CC(C)=C1C2C=CC1c1c(N=O)cccc12. The van der Waals surface area contributed by atoms with Crippen LogP contribution in [0.5, 0.6) is 0 Å². The van der Waals surface area contributed by atoms with Crippen LogP contribution in [0.25, 0.3) is 0 Å². The molecule has 0 fully saturated rings. The van der Waals surface area contributed by atoms with E-state index in [0.717, 1.165) is 5.56 Å². The van der Waals surface area contributed by atoms with Crippen LogP contribution in [0.2, 0.25) is 0 Å². The van der Waals surface area contributed by atoms with E-state index in [1.54, 1.807) is 0 Å². The lowest BCUT2D eigenvalue weighted by atomic mass is 9.95. The Balaban J connectivity index is 2.29. The molecule has 0 amide bonds.